The van der Waals surface area contributed by atoms with Gasteiger partial charge < -0.3 is 10.1 Å². The van der Waals surface area contributed by atoms with E-state index in [4.69, 9.17) is 14.7 Å². The average Bonchev–Trinajstić information content (AvgIpc) is 3.31. The minimum Gasteiger partial charge on any atom is -0.440 e. The van der Waals surface area contributed by atoms with Crippen LogP contribution in [0.2, 0.25) is 0 Å². The summed E-state index contributed by atoms with van der Waals surface area (Å²) in [5.74, 6) is 6.54. The van der Waals surface area contributed by atoms with Crippen LogP contribution in [0.3, 0.4) is 0 Å². The topological polar surface area (TPSA) is 47.0 Å². The second-order valence-corrected chi connectivity index (χ2v) is 13.4. The summed E-state index contributed by atoms with van der Waals surface area (Å²) in [7, 11) is 0. The molecule has 4 fully saturated rings. The maximum Gasteiger partial charge on any atom is 0.260 e. The summed E-state index contributed by atoms with van der Waals surface area (Å²) in [5, 5.41) is 3.70. The highest BCUT2D eigenvalue weighted by Crippen LogP contribution is 2.84. The van der Waals surface area contributed by atoms with Gasteiger partial charge in [-0.15, -0.1) is 0 Å². The summed E-state index contributed by atoms with van der Waals surface area (Å²) in [6, 6.07) is 15.4. The molecule has 4 aliphatic carbocycles. The molecule has 2 aliphatic heterocycles. The van der Waals surface area contributed by atoms with Crippen molar-refractivity contribution in [2.45, 2.75) is 63.7 Å². The number of benzene rings is 2. The molecule has 2 atom stereocenters. The minimum absolute atomic E-state index is 0.0744. The largest absolute Gasteiger partial charge is 0.440 e. The van der Waals surface area contributed by atoms with Gasteiger partial charge in [0.25, 0.3) is 6.71 Å². The number of para-hydroxylation sites is 1. The van der Waals surface area contributed by atoms with E-state index in [0.717, 1.165) is 52.2 Å². The van der Waals surface area contributed by atoms with Gasteiger partial charge in [-0.2, -0.15) is 4.98 Å². The molecule has 0 saturated heterocycles. The van der Waals surface area contributed by atoms with Crippen LogP contribution in [0, 0.1) is 23.2 Å². The van der Waals surface area contributed by atoms with Crippen LogP contribution in [-0.2, 0) is 10.8 Å². The molecule has 2 unspecified atom stereocenters. The van der Waals surface area contributed by atoms with Crippen LogP contribution in [0.5, 0.6) is 11.6 Å². The Morgan fingerprint density at radius 3 is 2.51 bits per heavy atom. The Morgan fingerprint density at radius 2 is 1.77 bits per heavy atom. The summed E-state index contributed by atoms with van der Waals surface area (Å²) >= 11 is 0. The average molecular weight is 459 g/mol. The van der Waals surface area contributed by atoms with Gasteiger partial charge in [0.15, 0.2) is 0 Å². The van der Waals surface area contributed by atoms with Gasteiger partial charge in [-0.3, -0.25) is 0 Å². The quantitative estimate of drug-likeness (QED) is 0.374. The zero-order valence-electron chi connectivity index (χ0n) is 20.7. The van der Waals surface area contributed by atoms with E-state index in [1.54, 1.807) is 0 Å². The fourth-order valence-corrected chi connectivity index (χ4v) is 9.36. The van der Waals surface area contributed by atoms with Gasteiger partial charge in [-0.25, -0.2) is 4.98 Å². The molecule has 6 aliphatic rings. The molecule has 0 amide bonds. The predicted molar refractivity (Wildman–Crippen MR) is 139 cm³/mol. The Hall–Kier alpha value is -2.82. The monoisotopic (exact) mass is 459 g/mol. The fraction of sp³-hybridized carbons (Fsp3) is 0.467. The van der Waals surface area contributed by atoms with Gasteiger partial charge in [-0.05, 0) is 89.3 Å². The lowest BCUT2D eigenvalue weighted by Gasteiger charge is -2.66. The molecule has 1 aromatic heterocycles. The van der Waals surface area contributed by atoms with E-state index in [-0.39, 0.29) is 17.5 Å². The second kappa shape index (κ2) is 5.77. The fourth-order valence-electron chi connectivity index (χ4n) is 9.36. The molecule has 1 N–H and O–H groups in total. The van der Waals surface area contributed by atoms with Gasteiger partial charge in [0.2, 0.25) is 5.88 Å². The molecule has 5 heteroatoms. The van der Waals surface area contributed by atoms with E-state index < -0.39 is 0 Å². The van der Waals surface area contributed by atoms with Gasteiger partial charge in [-0.1, -0.05) is 51.1 Å². The molecule has 4 nitrogen and oxygen atoms in total. The third-order valence-electron chi connectivity index (χ3n) is 10.9. The normalized spacial score (nSPS) is 33.9. The highest BCUT2D eigenvalue weighted by Gasteiger charge is 2.78. The van der Waals surface area contributed by atoms with E-state index in [2.05, 4.69) is 68.6 Å². The number of nitrogens with zero attached hydrogens (tertiary/aromatic N) is 2. The van der Waals surface area contributed by atoms with Crippen LogP contribution in [-0.4, -0.2) is 16.7 Å². The van der Waals surface area contributed by atoms with Crippen molar-refractivity contribution in [2.24, 2.45) is 23.2 Å². The van der Waals surface area contributed by atoms with Crippen LogP contribution < -0.4 is 26.4 Å². The lowest BCUT2D eigenvalue weighted by Crippen LogP contribution is -2.59. The van der Waals surface area contributed by atoms with Gasteiger partial charge >= 0.3 is 0 Å². The number of ether oxygens (including phenoxy) is 1. The second-order valence-electron chi connectivity index (χ2n) is 13.4. The van der Waals surface area contributed by atoms with Crippen LogP contribution in [0.25, 0.3) is 0 Å². The van der Waals surface area contributed by atoms with E-state index in [1.807, 2.05) is 0 Å². The Morgan fingerprint density at radius 1 is 0.971 bits per heavy atom. The highest BCUT2D eigenvalue weighted by molar-refractivity contribution is 6.99. The molecule has 0 radical (unpaired) electrons. The zero-order chi connectivity index (χ0) is 23.3. The number of fused-ring (bicyclic) bond motifs is 5. The van der Waals surface area contributed by atoms with Crippen molar-refractivity contribution in [3.63, 3.8) is 0 Å². The Balaban J connectivity index is 1.24. The predicted octanol–water partition coefficient (Wildman–Crippen LogP) is 4.53. The van der Waals surface area contributed by atoms with E-state index >= 15 is 0 Å². The standard InChI is InChI=1S/C30H30BN3O/c1-28(2,3)16-8-9-23-21(12-16)31-20-6-4-5-7-22(20)32-25-24(31)26(35-23)34-27(33-25)29-13-18-10-17-11-19(14-29)30(17,18)15-29/h4-9,12,17-19H,10-11,13-15H2,1-3H3,(H,32,33,34). The number of rotatable bonds is 1. The van der Waals surface area contributed by atoms with Crippen LogP contribution in [0.4, 0.5) is 11.5 Å². The summed E-state index contributed by atoms with van der Waals surface area (Å²) in [4.78, 5) is 10.6. The molecular weight excluding hydrogens is 429 g/mol. The van der Waals surface area contributed by atoms with Gasteiger partial charge in [0, 0.05) is 16.6 Å². The van der Waals surface area contributed by atoms with Crippen molar-refractivity contribution in [3.8, 4) is 11.6 Å². The van der Waals surface area contributed by atoms with Crippen molar-refractivity contribution >= 4 is 34.6 Å². The molecule has 2 bridgehead atoms. The van der Waals surface area contributed by atoms with Crippen molar-refractivity contribution in [1.29, 1.82) is 0 Å². The summed E-state index contributed by atoms with van der Waals surface area (Å²) in [6.07, 6.45) is 6.77. The van der Waals surface area contributed by atoms with E-state index in [9.17, 15) is 0 Å². The molecule has 174 valence electrons. The number of nitrogens with one attached hydrogen (secondary N) is 1. The third kappa shape index (κ3) is 2.15. The number of anilines is 2. The molecule has 4 saturated carbocycles. The first-order valence-electron chi connectivity index (χ1n) is 13.5. The highest BCUT2D eigenvalue weighted by atomic mass is 16.5. The SMILES string of the molecule is CC(C)(C)c1ccc2c(c1)B1c3ccccc3Nc3nc(C45CC6CC7CC(C4)C76C5)nc(c31)O2. The molecule has 1 spiro atoms. The lowest BCUT2D eigenvalue weighted by molar-refractivity contribution is -0.175. The molecule has 3 aromatic rings. The minimum atomic E-state index is 0.0744. The Bertz CT molecular complexity index is 1440. The summed E-state index contributed by atoms with van der Waals surface area (Å²) < 4.78 is 6.62. The first-order valence-corrected chi connectivity index (χ1v) is 13.5. The molecule has 9 rings (SSSR count). The van der Waals surface area contributed by atoms with Crippen LogP contribution in [0.15, 0.2) is 42.5 Å². The van der Waals surface area contributed by atoms with Crippen molar-refractivity contribution < 1.29 is 4.74 Å². The third-order valence-corrected chi connectivity index (χ3v) is 10.9. The van der Waals surface area contributed by atoms with Gasteiger partial charge in [0.1, 0.15) is 17.4 Å². The Kier molecular flexibility index (Phi) is 3.19. The zero-order valence-corrected chi connectivity index (χ0v) is 20.7. The van der Waals surface area contributed by atoms with Crippen molar-refractivity contribution in [2.75, 3.05) is 5.32 Å². The first-order chi connectivity index (χ1) is 16.9. The van der Waals surface area contributed by atoms with E-state index in [0.29, 0.717) is 5.41 Å². The maximum atomic E-state index is 6.62. The van der Waals surface area contributed by atoms with Crippen LogP contribution >= 0.6 is 0 Å². The van der Waals surface area contributed by atoms with Crippen LogP contribution in [0.1, 0.15) is 64.3 Å². The number of hydrogen-bond donors (Lipinski definition) is 1. The lowest BCUT2D eigenvalue weighted by atomic mass is 9.34. The smallest absolute Gasteiger partial charge is 0.260 e. The van der Waals surface area contributed by atoms with Crippen molar-refractivity contribution in [3.05, 3.63) is 53.9 Å². The summed E-state index contributed by atoms with van der Waals surface area (Å²) in [5.41, 5.74) is 6.99. The van der Waals surface area contributed by atoms with Gasteiger partial charge in [0.05, 0.1) is 0 Å². The van der Waals surface area contributed by atoms with E-state index in [1.165, 1.54) is 48.6 Å². The van der Waals surface area contributed by atoms with Crippen molar-refractivity contribution in [1.82, 2.24) is 9.97 Å². The number of aromatic nitrogens is 2. The first kappa shape index (κ1) is 19.4. The molecule has 3 heterocycles. The summed E-state index contributed by atoms with van der Waals surface area (Å²) in [6.45, 7) is 6.92. The number of hydrogen-bond acceptors (Lipinski definition) is 4. The Labute approximate surface area is 207 Å². The maximum absolute atomic E-state index is 6.62. The molecule has 2 aromatic carbocycles. The molecule has 35 heavy (non-hydrogen) atoms. The molecular formula is C30H30BN3O.